The fourth-order valence-corrected chi connectivity index (χ4v) is 10.8. The minimum Gasteiger partial charge on any atom is -0.462 e. The zero-order chi connectivity index (χ0) is 61.1. The number of phosphoric ester groups is 2. The summed E-state index contributed by atoms with van der Waals surface area (Å²) in [5.74, 6) is 0.681. The van der Waals surface area contributed by atoms with Crippen LogP contribution in [-0.2, 0) is 65.4 Å². The van der Waals surface area contributed by atoms with Crippen LogP contribution >= 0.6 is 15.6 Å². The second kappa shape index (κ2) is 53.3. The molecule has 2 unspecified atom stereocenters. The fourth-order valence-electron chi connectivity index (χ4n) is 9.25. The topological polar surface area (TPSA) is 237 Å². The van der Waals surface area contributed by atoms with Gasteiger partial charge in [0.25, 0.3) is 0 Å². The second-order valence-electron chi connectivity index (χ2n) is 24.7. The Morgan fingerprint density at radius 2 is 0.512 bits per heavy atom. The zero-order valence-corrected chi connectivity index (χ0v) is 54.9. The van der Waals surface area contributed by atoms with Gasteiger partial charge in [0.15, 0.2) is 12.2 Å². The average Bonchev–Trinajstić information content (AvgIpc) is 3.44. The number of hydrogen-bond acceptors (Lipinski definition) is 15. The van der Waals surface area contributed by atoms with Gasteiger partial charge in [-0.05, 0) is 49.4 Å². The highest BCUT2D eigenvalue weighted by Gasteiger charge is 2.30. The Hall–Kier alpha value is -1.94. The molecule has 0 bridgehead atoms. The van der Waals surface area contributed by atoms with Crippen LogP contribution in [0, 0.1) is 23.7 Å². The molecule has 0 aromatic heterocycles. The van der Waals surface area contributed by atoms with Gasteiger partial charge in [0.1, 0.15) is 19.3 Å². The van der Waals surface area contributed by atoms with Crippen LogP contribution < -0.4 is 0 Å². The van der Waals surface area contributed by atoms with E-state index in [4.69, 9.17) is 37.0 Å². The van der Waals surface area contributed by atoms with Crippen molar-refractivity contribution in [3.63, 3.8) is 0 Å². The minimum atomic E-state index is -4.94. The van der Waals surface area contributed by atoms with Crippen molar-refractivity contribution in [2.45, 2.75) is 318 Å². The van der Waals surface area contributed by atoms with Crippen molar-refractivity contribution in [3.05, 3.63) is 0 Å². The Morgan fingerprint density at radius 1 is 0.305 bits per heavy atom. The molecule has 17 nitrogen and oxygen atoms in total. The van der Waals surface area contributed by atoms with Crippen LogP contribution in [0.3, 0.4) is 0 Å². The first-order valence-electron chi connectivity index (χ1n) is 32.7. The van der Waals surface area contributed by atoms with Gasteiger partial charge < -0.3 is 33.8 Å². The molecule has 0 fully saturated rings. The number of aliphatic hydroxyl groups excluding tert-OH is 1. The van der Waals surface area contributed by atoms with E-state index in [0.29, 0.717) is 37.5 Å². The number of phosphoric acid groups is 2. The first kappa shape index (κ1) is 80.1. The van der Waals surface area contributed by atoms with Gasteiger partial charge in [-0.1, -0.05) is 248 Å². The Bertz CT molecular complexity index is 1640. The van der Waals surface area contributed by atoms with Crippen LogP contribution in [0.1, 0.15) is 299 Å². The monoisotopic (exact) mass is 1210 g/mol. The lowest BCUT2D eigenvalue weighted by Crippen LogP contribution is -2.30. The predicted octanol–water partition coefficient (Wildman–Crippen LogP) is 17.0. The maximum Gasteiger partial charge on any atom is 0.472 e. The number of hydrogen-bond donors (Lipinski definition) is 3. The third-order valence-corrected chi connectivity index (χ3v) is 16.2. The molecule has 0 heterocycles. The standard InChI is InChI=1S/C63H122O17P2/c1-53(2)39-31-23-15-11-9-10-12-18-29-37-45-62(67)79-58(49-73-60(65)43-35-27-17-14-13-16-24-32-40-54(3)4)51-77-81(69,70)75-47-57(64)48-76-82(71,72)78-52-59(80-63(68)46-38-30-22-20-26-34-42-56(7)8)50-74-61(66)44-36-28-21-19-25-33-41-55(5)6/h53-59,64H,9-52H2,1-8H3,(H,69,70)(H,71,72)/t57-,58-,59-/m1/s1. The van der Waals surface area contributed by atoms with Crippen molar-refractivity contribution in [1.82, 2.24) is 0 Å². The van der Waals surface area contributed by atoms with Gasteiger partial charge in [-0.3, -0.25) is 37.3 Å². The lowest BCUT2D eigenvalue weighted by molar-refractivity contribution is -0.161. The van der Waals surface area contributed by atoms with Gasteiger partial charge in [-0.25, -0.2) is 9.13 Å². The van der Waals surface area contributed by atoms with Crippen molar-refractivity contribution < 1.29 is 80.2 Å². The summed E-state index contributed by atoms with van der Waals surface area (Å²) in [5, 5.41) is 10.5. The smallest absolute Gasteiger partial charge is 0.462 e. The molecule has 0 aliphatic carbocycles. The number of rotatable bonds is 60. The minimum absolute atomic E-state index is 0.100. The summed E-state index contributed by atoms with van der Waals surface area (Å²) in [6.07, 6.45) is 32.4. The maximum absolute atomic E-state index is 13.0. The first-order chi connectivity index (χ1) is 39.1. The van der Waals surface area contributed by atoms with Crippen LogP contribution in [0.15, 0.2) is 0 Å². The van der Waals surface area contributed by atoms with E-state index in [2.05, 4.69) is 55.4 Å². The lowest BCUT2D eigenvalue weighted by Gasteiger charge is -2.21. The number of unbranched alkanes of at least 4 members (excludes halogenated alkanes) is 26. The van der Waals surface area contributed by atoms with E-state index in [9.17, 15) is 43.2 Å². The summed E-state index contributed by atoms with van der Waals surface area (Å²) in [7, 11) is -9.89. The van der Waals surface area contributed by atoms with E-state index in [0.717, 1.165) is 108 Å². The molecule has 0 saturated carbocycles. The Labute approximate surface area is 498 Å². The normalized spacial score (nSPS) is 14.5. The second-order valence-corrected chi connectivity index (χ2v) is 27.6. The zero-order valence-electron chi connectivity index (χ0n) is 53.1. The average molecular weight is 1210 g/mol. The lowest BCUT2D eigenvalue weighted by atomic mass is 10.0. The SMILES string of the molecule is CC(C)CCCCCCCCCCCCC(=O)O[C@H](COC(=O)CCCCCCCCCCC(C)C)COP(=O)(O)OC[C@@H](O)COP(=O)(O)OC[C@@H](COC(=O)CCCCCCCCC(C)C)OC(=O)CCCCCCCCC(C)C. The van der Waals surface area contributed by atoms with E-state index in [-0.39, 0.29) is 25.7 Å². The van der Waals surface area contributed by atoms with E-state index in [1.165, 1.54) is 96.3 Å². The molecule has 19 heteroatoms. The van der Waals surface area contributed by atoms with Crippen LogP contribution in [0.4, 0.5) is 0 Å². The summed E-state index contributed by atoms with van der Waals surface area (Å²) >= 11 is 0. The van der Waals surface area contributed by atoms with Crippen LogP contribution in [0.2, 0.25) is 0 Å². The molecule has 0 aliphatic heterocycles. The molecule has 0 aromatic carbocycles. The summed E-state index contributed by atoms with van der Waals surface area (Å²) in [6, 6.07) is 0. The summed E-state index contributed by atoms with van der Waals surface area (Å²) in [6.45, 7) is 13.9. The molecule has 486 valence electrons. The number of ether oxygens (including phenoxy) is 4. The van der Waals surface area contributed by atoms with Crippen molar-refractivity contribution >= 4 is 39.5 Å². The van der Waals surface area contributed by atoms with Gasteiger partial charge in [0.2, 0.25) is 0 Å². The van der Waals surface area contributed by atoms with E-state index >= 15 is 0 Å². The van der Waals surface area contributed by atoms with Crippen molar-refractivity contribution in [2.24, 2.45) is 23.7 Å². The highest BCUT2D eigenvalue weighted by Crippen LogP contribution is 2.45. The molecule has 5 atom stereocenters. The molecule has 82 heavy (non-hydrogen) atoms. The largest absolute Gasteiger partial charge is 0.472 e. The van der Waals surface area contributed by atoms with Crippen molar-refractivity contribution in [3.8, 4) is 0 Å². The Morgan fingerprint density at radius 3 is 0.756 bits per heavy atom. The number of esters is 4. The van der Waals surface area contributed by atoms with E-state index in [1.807, 2.05) is 0 Å². The quantitative estimate of drug-likeness (QED) is 0.0222. The van der Waals surface area contributed by atoms with Crippen molar-refractivity contribution in [2.75, 3.05) is 39.6 Å². The molecule has 3 N–H and O–H groups in total. The summed E-state index contributed by atoms with van der Waals surface area (Å²) in [4.78, 5) is 72.1. The molecule has 0 saturated heterocycles. The summed E-state index contributed by atoms with van der Waals surface area (Å²) < 4.78 is 67.9. The predicted molar refractivity (Wildman–Crippen MR) is 326 cm³/mol. The first-order valence-corrected chi connectivity index (χ1v) is 35.7. The van der Waals surface area contributed by atoms with Gasteiger partial charge in [-0.2, -0.15) is 0 Å². The molecular formula is C63H122O17P2. The van der Waals surface area contributed by atoms with Crippen LogP contribution in [0.25, 0.3) is 0 Å². The Balaban J connectivity index is 5.24. The van der Waals surface area contributed by atoms with Crippen molar-refractivity contribution in [1.29, 1.82) is 0 Å². The van der Waals surface area contributed by atoms with Gasteiger partial charge >= 0.3 is 39.5 Å². The van der Waals surface area contributed by atoms with Crippen LogP contribution in [0.5, 0.6) is 0 Å². The molecule has 0 aliphatic rings. The number of carbonyl (C=O) groups is 4. The van der Waals surface area contributed by atoms with Gasteiger partial charge in [-0.15, -0.1) is 0 Å². The fraction of sp³-hybridized carbons (Fsp3) is 0.937. The number of carbonyl (C=O) groups excluding carboxylic acids is 4. The molecular weight excluding hydrogens is 1090 g/mol. The van der Waals surface area contributed by atoms with Crippen LogP contribution in [-0.4, -0.2) is 96.7 Å². The highest BCUT2D eigenvalue weighted by atomic mass is 31.2. The van der Waals surface area contributed by atoms with E-state index < -0.39 is 97.5 Å². The summed E-state index contributed by atoms with van der Waals surface area (Å²) in [5.41, 5.74) is 0. The van der Waals surface area contributed by atoms with E-state index in [1.54, 1.807) is 0 Å². The maximum atomic E-state index is 13.0. The third-order valence-electron chi connectivity index (χ3n) is 14.3. The molecule has 0 amide bonds. The molecule has 0 rings (SSSR count). The molecule has 0 spiro atoms. The van der Waals surface area contributed by atoms with Gasteiger partial charge in [0, 0.05) is 25.7 Å². The highest BCUT2D eigenvalue weighted by molar-refractivity contribution is 7.47. The molecule has 0 radical (unpaired) electrons. The number of aliphatic hydroxyl groups is 1. The molecule has 0 aromatic rings. The third kappa shape index (κ3) is 57.2. The van der Waals surface area contributed by atoms with Gasteiger partial charge in [0.05, 0.1) is 26.4 Å². The Kier molecular flexibility index (Phi) is 52.0.